The van der Waals surface area contributed by atoms with Gasteiger partial charge in [0, 0.05) is 24.7 Å². The predicted octanol–water partition coefficient (Wildman–Crippen LogP) is 2.83. The fourth-order valence-corrected chi connectivity index (χ4v) is 2.21. The number of ether oxygens (including phenoxy) is 2. The Bertz CT molecular complexity index is 497. The number of carbonyl (C=O) groups excluding carboxylic acids is 1. The molecule has 1 aromatic rings. The van der Waals surface area contributed by atoms with Gasteiger partial charge in [-0.15, -0.1) is 0 Å². The summed E-state index contributed by atoms with van der Waals surface area (Å²) in [6.45, 7) is 3.90. The van der Waals surface area contributed by atoms with Crippen LogP contribution < -0.4 is 15.4 Å². The molecule has 0 aliphatic heterocycles. The molecule has 0 unspecified atom stereocenters. The van der Waals surface area contributed by atoms with E-state index in [1.54, 1.807) is 25.3 Å². The maximum absolute atomic E-state index is 12.1. The summed E-state index contributed by atoms with van der Waals surface area (Å²) in [6, 6.07) is 4.74. The van der Waals surface area contributed by atoms with Gasteiger partial charge in [0.05, 0.1) is 18.9 Å². The largest absolute Gasteiger partial charge is 0.495 e. The monoisotopic (exact) mass is 343 g/mol. The molecular weight excluding hydrogens is 318 g/mol. The summed E-state index contributed by atoms with van der Waals surface area (Å²) in [5.74, 6) is 0.554. The molecule has 0 aromatic heterocycles. The minimum absolute atomic E-state index is 0.0191. The van der Waals surface area contributed by atoms with Crippen LogP contribution in [0.2, 0.25) is 5.02 Å². The first-order valence-corrected chi connectivity index (χ1v) is 7.98. The maximum atomic E-state index is 12.1. The average molecular weight is 344 g/mol. The van der Waals surface area contributed by atoms with E-state index in [0.29, 0.717) is 29.6 Å². The molecule has 7 heteroatoms. The van der Waals surface area contributed by atoms with Gasteiger partial charge >= 0.3 is 6.03 Å². The summed E-state index contributed by atoms with van der Waals surface area (Å²) >= 11 is 5.94. The summed E-state index contributed by atoms with van der Waals surface area (Å²) in [6.07, 6.45) is 0.830. The molecule has 0 fully saturated rings. The number of urea groups is 1. The number of amides is 2. The molecule has 0 aliphatic carbocycles. The Balaban J connectivity index is 2.53. The highest BCUT2D eigenvalue weighted by molar-refractivity contribution is 6.31. The molecule has 0 saturated carbocycles. The molecule has 130 valence electrons. The molecule has 0 bridgehead atoms. The van der Waals surface area contributed by atoms with Gasteiger partial charge in [-0.2, -0.15) is 0 Å². The molecular formula is C16H26ClN3O3. The SMILES string of the molecule is CCO[C@H](CCN(C)C)CNC(=O)Nc1cc(Cl)ccc1OC. The standard InChI is InChI=1S/C16H26ClN3O3/c1-5-23-13(8-9-20(2)3)11-18-16(21)19-14-10-12(17)6-7-15(14)22-4/h6-7,10,13H,5,8-9,11H2,1-4H3,(H2,18,19,21)/t13-/m1/s1. The van der Waals surface area contributed by atoms with Crippen molar-refractivity contribution in [1.82, 2.24) is 10.2 Å². The van der Waals surface area contributed by atoms with E-state index in [1.807, 2.05) is 21.0 Å². The van der Waals surface area contributed by atoms with Crippen molar-refractivity contribution in [3.63, 3.8) is 0 Å². The molecule has 1 rings (SSSR count). The van der Waals surface area contributed by atoms with Crippen LogP contribution in [0.5, 0.6) is 5.75 Å². The minimum atomic E-state index is -0.319. The fraction of sp³-hybridized carbons (Fsp3) is 0.562. The average Bonchev–Trinajstić information content (AvgIpc) is 2.50. The molecule has 0 spiro atoms. The number of carbonyl (C=O) groups is 1. The van der Waals surface area contributed by atoms with E-state index < -0.39 is 0 Å². The quantitative estimate of drug-likeness (QED) is 0.723. The zero-order valence-corrected chi connectivity index (χ0v) is 14.9. The third-order valence-corrected chi connectivity index (χ3v) is 3.44. The van der Waals surface area contributed by atoms with Crippen LogP contribution in [0.4, 0.5) is 10.5 Å². The predicted molar refractivity (Wildman–Crippen MR) is 93.6 cm³/mol. The smallest absolute Gasteiger partial charge is 0.319 e. The molecule has 1 atom stereocenters. The molecule has 0 radical (unpaired) electrons. The molecule has 0 aliphatic rings. The topological polar surface area (TPSA) is 62.8 Å². The highest BCUT2D eigenvalue weighted by atomic mass is 35.5. The number of halogens is 1. The van der Waals surface area contributed by atoms with Gasteiger partial charge in [-0.05, 0) is 45.6 Å². The van der Waals surface area contributed by atoms with E-state index in [0.717, 1.165) is 13.0 Å². The van der Waals surface area contributed by atoms with Crippen LogP contribution in [0.15, 0.2) is 18.2 Å². The Labute approximate surface area is 143 Å². The summed E-state index contributed by atoms with van der Waals surface area (Å²) < 4.78 is 10.8. The van der Waals surface area contributed by atoms with Crippen LogP contribution in [0.3, 0.4) is 0 Å². The number of rotatable bonds is 9. The van der Waals surface area contributed by atoms with Crippen molar-refractivity contribution in [3.05, 3.63) is 23.2 Å². The molecule has 0 heterocycles. The first kappa shape index (κ1) is 19.5. The van der Waals surface area contributed by atoms with Crippen molar-refractivity contribution < 1.29 is 14.3 Å². The first-order valence-electron chi connectivity index (χ1n) is 7.61. The van der Waals surface area contributed by atoms with E-state index in [2.05, 4.69) is 15.5 Å². The van der Waals surface area contributed by atoms with Crippen LogP contribution in [0.25, 0.3) is 0 Å². The van der Waals surface area contributed by atoms with Crippen LogP contribution in [-0.2, 0) is 4.74 Å². The Morgan fingerprint density at radius 3 is 2.74 bits per heavy atom. The van der Waals surface area contributed by atoms with Gasteiger partial charge in [-0.1, -0.05) is 11.6 Å². The minimum Gasteiger partial charge on any atom is -0.495 e. The van der Waals surface area contributed by atoms with Crippen LogP contribution in [0, 0.1) is 0 Å². The lowest BCUT2D eigenvalue weighted by atomic mass is 10.2. The number of hydrogen-bond acceptors (Lipinski definition) is 4. The molecule has 2 N–H and O–H groups in total. The van der Waals surface area contributed by atoms with Gasteiger partial charge in [0.2, 0.25) is 0 Å². The lowest BCUT2D eigenvalue weighted by Crippen LogP contribution is -2.37. The fourth-order valence-electron chi connectivity index (χ4n) is 2.03. The summed E-state index contributed by atoms with van der Waals surface area (Å²) in [4.78, 5) is 14.1. The van der Waals surface area contributed by atoms with E-state index in [9.17, 15) is 4.79 Å². The van der Waals surface area contributed by atoms with Crippen molar-refractivity contribution in [2.75, 3.05) is 46.2 Å². The van der Waals surface area contributed by atoms with Gasteiger partial charge in [-0.3, -0.25) is 0 Å². The second kappa shape index (κ2) is 10.3. The number of nitrogens with zero attached hydrogens (tertiary/aromatic N) is 1. The molecule has 2 amide bonds. The summed E-state index contributed by atoms with van der Waals surface area (Å²) in [7, 11) is 5.56. The Kier molecular flexibility index (Phi) is 8.76. The second-order valence-electron chi connectivity index (χ2n) is 5.35. The Morgan fingerprint density at radius 1 is 1.39 bits per heavy atom. The normalized spacial score (nSPS) is 12.1. The molecule has 1 aromatic carbocycles. The van der Waals surface area contributed by atoms with Crippen LogP contribution in [-0.4, -0.2) is 57.9 Å². The third-order valence-electron chi connectivity index (χ3n) is 3.20. The molecule has 0 saturated heterocycles. The zero-order chi connectivity index (χ0) is 17.2. The van der Waals surface area contributed by atoms with Gasteiger partial charge in [0.15, 0.2) is 0 Å². The van der Waals surface area contributed by atoms with E-state index in [-0.39, 0.29) is 12.1 Å². The highest BCUT2D eigenvalue weighted by Crippen LogP contribution is 2.27. The lowest BCUT2D eigenvalue weighted by Gasteiger charge is -2.20. The number of methoxy groups -OCH3 is 1. The van der Waals surface area contributed by atoms with Crippen molar-refractivity contribution in [1.29, 1.82) is 0 Å². The Morgan fingerprint density at radius 2 is 2.13 bits per heavy atom. The molecule has 6 nitrogen and oxygen atoms in total. The second-order valence-corrected chi connectivity index (χ2v) is 5.79. The summed E-state index contributed by atoms with van der Waals surface area (Å²) in [5, 5.41) is 6.08. The summed E-state index contributed by atoms with van der Waals surface area (Å²) in [5.41, 5.74) is 0.527. The highest BCUT2D eigenvalue weighted by Gasteiger charge is 2.12. The van der Waals surface area contributed by atoms with Gasteiger partial charge in [0.1, 0.15) is 5.75 Å². The van der Waals surface area contributed by atoms with Crippen molar-refractivity contribution in [2.45, 2.75) is 19.4 Å². The molecule has 23 heavy (non-hydrogen) atoms. The Hall–Kier alpha value is -1.50. The van der Waals surface area contributed by atoms with Gasteiger partial charge < -0.3 is 25.0 Å². The maximum Gasteiger partial charge on any atom is 0.319 e. The van der Waals surface area contributed by atoms with E-state index >= 15 is 0 Å². The zero-order valence-electron chi connectivity index (χ0n) is 14.2. The van der Waals surface area contributed by atoms with Gasteiger partial charge in [0.25, 0.3) is 0 Å². The van der Waals surface area contributed by atoms with Crippen LogP contribution >= 0.6 is 11.6 Å². The number of hydrogen-bond donors (Lipinski definition) is 2. The first-order chi connectivity index (χ1) is 11.0. The number of anilines is 1. The van der Waals surface area contributed by atoms with E-state index in [4.69, 9.17) is 21.1 Å². The lowest BCUT2D eigenvalue weighted by molar-refractivity contribution is 0.0538. The van der Waals surface area contributed by atoms with Crippen molar-refractivity contribution in [3.8, 4) is 5.75 Å². The van der Waals surface area contributed by atoms with Crippen molar-refractivity contribution in [2.24, 2.45) is 0 Å². The number of benzene rings is 1. The van der Waals surface area contributed by atoms with E-state index in [1.165, 1.54) is 0 Å². The van der Waals surface area contributed by atoms with Crippen molar-refractivity contribution >= 4 is 23.3 Å². The van der Waals surface area contributed by atoms with Gasteiger partial charge in [-0.25, -0.2) is 4.79 Å². The number of nitrogens with one attached hydrogen (secondary N) is 2. The van der Waals surface area contributed by atoms with Crippen LogP contribution in [0.1, 0.15) is 13.3 Å². The third kappa shape index (κ3) is 7.54.